The summed E-state index contributed by atoms with van der Waals surface area (Å²) < 4.78 is 5.80. The van der Waals surface area contributed by atoms with Crippen molar-refractivity contribution in [3.63, 3.8) is 0 Å². The second-order valence-electron chi connectivity index (χ2n) is 4.11. The third-order valence-electron chi connectivity index (χ3n) is 2.76. The van der Waals surface area contributed by atoms with Crippen LogP contribution < -0.4 is 10.1 Å². The largest absolute Gasteiger partial charge is 0.496 e. The Morgan fingerprint density at radius 1 is 1.33 bits per heavy atom. The van der Waals surface area contributed by atoms with Crippen molar-refractivity contribution < 1.29 is 9.53 Å². The van der Waals surface area contributed by atoms with Crippen molar-refractivity contribution in [3.8, 4) is 11.8 Å². The van der Waals surface area contributed by atoms with Crippen LogP contribution in [0.3, 0.4) is 0 Å². The van der Waals surface area contributed by atoms with Gasteiger partial charge >= 0.3 is 0 Å². The number of nitrogens with zero attached hydrogens (tertiary/aromatic N) is 1. The van der Waals surface area contributed by atoms with Crippen LogP contribution in [0.25, 0.3) is 0 Å². The van der Waals surface area contributed by atoms with Crippen LogP contribution in [0.4, 0.5) is 5.69 Å². The molecular weight excluding hydrogens is 356 g/mol. The van der Waals surface area contributed by atoms with E-state index >= 15 is 0 Å². The normalized spacial score (nSPS) is 9.81. The summed E-state index contributed by atoms with van der Waals surface area (Å²) in [6.07, 6.45) is 0. The molecule has 0 saturated carbocycles. The predicted molar refractivity (Wildman–Crippen MR) is 84.8 cm³/mol. The minimum atomic E-state index is -0.279. The number of hydrogen-bond donors (Lipinski definition) is 1. The van der Waals surface area contributed by atoms with E-state index in [1.54, 1.807) is 37.4 Å². The molecule has 0 unspecified atom stereocenters. The molecule has 106 valence electrons. The van der Waals surface area contributed by atoms with E-state index in [2.05, 4.69) is 21.2 Å². The smallest absolute Gasteiger partial charge is 0.255 e. The Bertz CT molecular complexity index is 741. The number of ether oxygens (including phenoxy) is 1. The maximum atomic E-state index is 12.2. The van der Waals surface area contributed by atoms with Gasteiger partial charge in [-0.3, -0.25) is 4.79 Å². The first-order valence-electron chi connectivity index (χ1n) is 5.89. The number of anilines is 1. The number of carbonyl (C=O) groups excluding carboxylic acids is 1. The van der Waals surface area contributed by atoms with E-state index in [9.17, 15) is 4.79 Å². The number of halogens is 2. The van der Waals surface area contributed by atoms with E-state index in [-0.39, 0.29) is 5.91 Å². The molecule has 0 atom stereocenters. The number of amides is 1. The van der Waals surface area contributed by atoms with Crippen molar-refractivity contribution in [3.05, 3.63) is 57.0 Å². The van der Waals surface area contributed by atoms with Crippen molar-refractivity contribution in [2.45, 2.75) is 0 Å². The first-order chi connectivity index (χ1) is 10.0. The lowest BCUT2D eigenvalue weighted by atomic mass is 10.2. The Morgan fingerprint density at radius 3 is 2.67 bits per heavy atom. The number of rotatable bonds is 3. The molecule has 0 heterocycles. The molecule has 0 radical (unpaired) electrons. The molecule has 1 amide bonds. The Hall–Kier alpha value is -2.03. The van der Waals surface area contributed by atoms with Crippen molar-refractivity contribution in [2.75, 3.05) is 12.4 Å². The summed E-state index contributed by atoms with van der Waals surface area (Å²) in [6, 6.07) is 11.7. The molecular formula is C15H10BrClN2O2. The lowest BCUT2D eigenvalue weighted by Gasteiger charge is -2.08. The second-order valence-corrected chi connectivity index (χ2v) is 5.37. The van der Waals surface area contributed by atoms with Crippen LogP contribution >= 0.6 is 27.5 Å². The molecule has 2 aromatic rings. The van der Waals surface area contributed by atoms with Gasteiger partial charge in [-0.25, -0.2) is 0 Å². The second kappa shape index (κ2) is 6.61. The van der Waals surface area contributed by atoms with Crippen LogP contribution in [-0.4, -0.2) is 13.0 Å². The minimum absolute atomic E-state index is 0.279. The molecule has 0 bridgehead atoms. The molecule has 2 aromatic carbocycles. The van der Waals surface area contributed by atoms with Gasteiger partial charge in [0.1, 0.15) is 11.8 Å². The summed E-state index contributed by atoms with van der Waals surface area (Å²) in [6.45, 7) is 0. The monoisotopic (exact) mass is 364 g/mol. The van der Waals surface area contributed by atoms with Gasteiger partial charge in [0.05, 0.1) is 22.2 Å². The summed E-state index contributed by atoms with van der Waals surface area (Å²) in [5.74, 6) is 0.368. The van der Waals surface area contributed by atoms with Crippen LogP contribution in [0.15, 0.2) is 40.9 Å². The van der Waals surface area contributed by atoms with Crippen LogP contribution in [0.5, 0.6) is 5.75 Å². The molecule has 0 aliphatic carbocycles. The molecule has 0 aliphatic heterocycles. The Labute approximate surface area is 135 Å². The lowest BCUT2D eigenvalue weighted by molar-refractivity contribution is 0.102. The standard InChI is InChI=1S/C15H10BrClN2O2/c1-21-14-5-3-9(6-12(14)16)15(20)19-11-4-2-10(8-18)13(17)7-11/h2-7H,1H3,(H,19,20). The highest BCUT2D eigenvalue weighted by molar-refractivity contribution is 9.10. The van der Waals surface area contributed by atoms with Gasteiger partial charge in [0.15, 0.2) is 0 Å². The van der Waals surface area contributed by atoms with Gasteiger partial charge in [-0.15, -0.1) is 0 Å². The van der Waals surface area contributed by atoms with Gasteiger partial charge in [-0.2, -0.15) is 5.26 Å². The van der Waals surface area contributed by atoms with E-state index in [0.717, 1.165) is 0 Å². The number of nitriles is 1. The first kappa shape index (κ1) is 15.4. The summed E-state index contributed by atoms with van der Waals surface area (Å²) in [5.41, 5.74) is 1.36. The predicted octanol–water partition coefficient (Wildman–Crippen LogP) is 4.24. The molecule has 2 rings (SSSR count). The highest BCUT2D eigenvalue weighted by atomic mass is 79.9. The first-order valence-corrected chi connectivity index (χ1v) is 7.07. The summed E-state index contributed by atoms with van der Waals surface area (Å²) >= 11 is 9.26. The van der Waals surface area contributed by atoms with E-state index in [0.29, 0.717) is 32.1 Å². The number of hydrogen-bond acceptors (Lipinski definition) is 3. The number of nitrogens with one attached hydrogen (secondary N) is 1. The van der Waals surface area contributed by atoms with E-state index in [1.165, 1.54) is 6.07 Å². The molecule has 0 aliphatic rings. The zero-order chi connectivity index (χ0) is 15.4. The maximum Gasteiger partial charge on any atom is 0.255 e. The highest BCUT2D eigenvalue weighted by Crippen LogP contribution is 2.26. The molecule has 0 saturated heterocycles. The number of carbonyl (C=O) groups is 1. The Kier molecular flexibility index (Phi) is 4.84. The van der Waals surface area contributed by atoms with Crippen LogP contribution in [0, 0.1) is 11.3 Å². The van der Waals surface area contributed by atoms with Crippen molar-refractivity contribution in [1.82, 2.24) is 0 Å². The van der Waals surface area contributed by atoms with Crippen LogP contribution in [-0.2, 0) is 0 Å². The molecule has 0 aromatic heterocycles. The van der Waals surface area contributed by atoms with Gasteiger partial charge in [0.2, 0.25) is 0 Å². The maximum absolute atomic E-state index is 12.2. The lowest BCUT2D eigenvalue weighted by Crippen LogP contribution is -2.12. The molecule has 1 N–H and O–H groups in total. The fraction of sp³-hybridized carbons (Fsp3) is 0.0667. The molecule has 0 fully saturated rings. The highest BCUT2D eigenvalue weighted by Gasteiger charge is 2.10. The molecule has 6 heteroatoms. The quantitative estimate of drug-likeness (QED) is 0.885. The molecule has 0 spiro atoms. The number of methoxy groups -OCH3 is 1. The summed E-state index contributed by atoms with van der Waals surface area (Å²) in [7, 11) is 1.55. The zero-order valence-corrected chi connectivity index (χ0v) is 13.3. The van der Waals surface area contributed by atoms with Gasteiger partial charge in [0.25, 0.3) is 5.91 Å². The van der Waals surface area contributed by atoms with Crippen LogP contribution in [0.2, 0.25) is 5.02 Å². The zero-order valence-electron chi connectivity index (χ0n) is 11.0. The SMILES string of the molecule is COc1ccc(C(=O)Nc2ccc(C#N)c(Cl)c2)cc1Br. The van der Waals surface area contributed by atoms with E-state index in [1.807, 2.05) is 6.07 Å². The van der Waals surface area contributed by atoms with Gasteiger partial charge in [-0.1, -0.05) is 11.6 Å². The van der Waals surface area contributed by atoms with Gasteiger partial charge in [-0.05, 0) is 52.3 Å². The van der Waals surface area contributed by atoms with E-state index < -0.39 is 0 Å². The van der Waals surface area contributed by atoms with Gasteiger partial charge in [0, 0.05) is 11.3 Å². The number of benzene rings is 2. The fourth-order valence-corrected chi connectivity index (χ4v) is 2.46. The third kappa shape index (κ3) is 3.54. The molecule has 21 heavy (non-hydrogen) atoms. The van der Waals surface area contributed by atoms with Crippen molar-refractivity contribution in [2.24, 2.45) is 0 Å². The Morgan fingerprint density at radius 2 is 2.10 bits per heavy atom. The average Bonchev–Trinajstić information content (AvgIpc) is 2.47. The van der Waals surface area contributed by atoms with Crippen molar-refractivity contribution in [1.29, 1.82) is 5.26 Å². The van der Waals surface area contributed by atoms with Crippen LogP contribution in [0.1, 0.15) is 15.9 Å². The topological polar surface area (TPSA) is 62.1 Å². The average molecular weight is 366 g/mol. The summed E-state index contributed by atoms with van der Waals surface area (Å²) in [4.78, 5) is 12.2. The fourth-order valence-electron chi connectivity index (χ4n) is 1.69. The van der Waals surface area contributed by atoms with Crippen molar-refractivity contribution >= 4 is 39.1 Å². The minimum Gasteiger partial charge on any atom is -0.496 e. The summed E-state index contributed by atoms with van der Waals surface area (Å²) in [5, 5.41) is 11.8. The Balaban J connectivity index is 2.20. The van der Waals surface area contributed by atoms with E-state index in [4.69, 9.17) is 21.6 Å². The third-order valence-corrected chi connectivity index (χ3v) is 3.69. The molecule has 4 nitrogen and oxygen atoms in total. The van der Waals surface area contributed by atoms with Gasteiger partial charge < -0.3 is 10.1 Å².